The molecule has 27 heavy (non-hydrogen) atoms. The number of anilines is 1. The number of carbonyl (C=O) groups excluding carboxylic acids is 1. The van der Waals surface area contributed by atoms with E-state index in [0.717, 1.165) is 5.69 Å². The van der Waals surface area contributed by atoms with E-state index >= 15 is 0 Å². The molecule has 0 aliphatic carbocycles. The summed E-state index contributed by atoms with van der Waals surface area (Å²) in [7, 11) is 0. The van der Waals surface area contributed by atoms with Crippen LogP contribution in [0, 0.1) is 20.8 Å². The van der Waals surface area contributed by atoms with Crippen LogP contribution in [0.5, 0.6) is 0 Å². The fourth-order valence-electron chi connectivity index (χ4n) is 2.70. The minimum atomic E-state index is -0.319. The summed E-state index contributed by atoms with van der Waals surface area (Å²) in [5.41, 5.74) is 1.21. The summed E-state index contributed by atoms with van der Waals surface area (Å²) < 4.78 is 6.88. The molecule has 8 heteroatoms. The van der Waals surface area contributed by atoms with Gasteiger partial charge in [-0.05, 0) is 26.8 Å². The topological polar surface area (TPSA) is 106 Å². The van der Waals surface area contributed by atoms with Gasteiger partial charge in [-0.15, -0.1) is 0 Å². The molecule has 0 spiro atoms. The number of aromatic amines is 1. The molecule has 8 nitrogen and oxygen atoms in total. The van der Waals surface area contributed by atoms with E-state index in [0.29, 0.717) is 28.6 Å². The van der Waals surface area contributed by atoms with Gasteiger partial charge in [-0.2, -0.15) is 9.78 Å². The Bertz CT molecular complexity index is 1070. The van der Waals surface area contributed by atoms with Gasteiger partial charge in [0.1, 0.15) is 17.3 Å². The number of amides is 1. The average molecular weight is 369 g/mol. The van der Waals surface area contributed by atoms with Gasteiger partial charge in [0.05, 0.1) is 11.3 Å². The van der Waals surface area contributed by atoms with Crippen molar-refractivity contribution in [2.45, 2.75) is 47.0 Å². The fourth-order valence-corrected chi connectivity index (χ4v) is 2.70. The fraction of sp³-hybridized carbons (Fsp3) is 0.368. The van der Waals surface area contributed by atoms with E-state index in [1.807, 2.05) is 20.8 Å². The van der Waals surface area contributed by atoms with Crippen molar-refractivity contribution in [2.24, 2.45) is 0 Å². The van der Waals surface area contributed by atoms with Crippen molar-refractivity contribution in [3.05, 3.63) is 57.0 Å². The minimum Gasteiger partial charge on any atom is -0.466 e. The smallest absolute Gasteiger partial charge is 0.260 e. The molecule has 0 bridgehead atoms. The Labute approximate surface area is 156 Å². The van der Waals surface area contributed by atoms with E-state index in [1.54, 1.807) is 32.9 Å². The number of rotatable bonds is 3. The normalized spacial score (nSPS) is 11.6. The van der Waals surface area contributed by atoms with Crippen molar-refractivity contribution >= 4 is 11.7 Å². The highest BCUT2D eigenvalue weighted by atomic mass is 16.3. The van der Waals surface area contributed by atoms with E-state index in [9.17, 15) is 9.59 Å². The Morgan fingerprint density at radius 1 is 1.19 bits per heavy atom. The Hall–Kier alpha value is -3.16. The van der Waals surface area contributed by atoms with Gasteiger partial charge in [0.25, 0.3) is 11.5 Å². The second-order valence-corrected chi connectivity index (χ2v) is 7.57. The second kappa shape index (κ2) is 6.53. The number of hydrogen-bond donors (Lipinski definition) is 2. The maximum absolute atomic E-state index is 12.7. The van der Waals surface area contributed by atoms with Crippen molar-refractivity contribution in [1.29, 1.82) is 0 Å². The third-order valence-corrected chi connectivity index (χ3v) is 4.06. The molecule has 0 radical (unpaired) electrons. The van der Waals surface area contributed by atoms with Crippen LogP contribution in [0.25, 0.3) is 5.95 Å². The monoisotopic (exact) mass is 369 g/mol. The molecule has 0 saturated carbocycles. The SMILES string of the molecule is Cc1cc(=O)[nH]c(-n2nc(C(C)(C)C)cc2NC(=O)c2cc(C)oc2C)n1. The predicted octanol–water partition coefficient (Wildman–Crippen LogP) is 3.02. The van der Waals surface area contributed by atoms with Gasteiger partial charge in [-0.25, -0.2) is 4.98 Å². The van der Waals surface area contributed by atoms with Gasteiger partial charge in [-0.3, -0.25) is 14.6 Å². The first-order valence-electron chi connectivity index (χ1n) is 8.62. The molecule has 0 fully saturated rings. The van der Waals surface area contributed by atoms with Crippen LogP contribution in [0.1, 0.15) is 54.0 Å². The summed E-state index contributed by atoms with van der Waals surface area (Å²) in [5, 5.41) is 7.40. The van der Waals surface area contributed by atoms with E-state index in [-0.39, 0.29) is 22.8 Å². The summed E-state index contributed by atoms with van der Waals surface area (Å²) >= 11 is 0. The molecular weight excluding hydrogens is 346 g/mol. The summed E-state index contributed by atoms with van der Waals surface area (Å²) in [4.78, 5) is 31.6. The molecule has 0 aromatic carbocycles. The molecular formula is C19H23N5O3. The molecule has 2 N–H and O–H groups in total. The number of furan rings is 1. The highest BCUT2D eigenvalue weighted by Gasteiger charge is 2.23. The van der Waals surface area contributed by atoms with Crippen molar-refractivity contribution in [3.8, 4) is 5.95 Å². The van der Waals surface area contributed by atoms with Crippen LogP contribution >= 0.6 is 0 Å². The molecule has 0 aliphatic rings. The van der Waals surface area contributed by atoms with Crippen LogP contribution in [0.3, 0.4) is 0 Å². The average Bonchev–Trinajstić information content (AvgIpc) is 3.09. The van der Waals surface area contributed by atoms with Gasteiger partial charge in [-0.1, -0.05) is 20.8 Å². The van der Waals surface area contributed by atoms with Crippen molar-refractivity contribution in [2.75, 3.05) is 5.32 Å². The Balaban J connectivity index is 2.08. The number of H-pyrrole nitrogens is 1. The van der Waals surface area contributed by atoms with Crippen LogP contribution in [0.2, 0.25) is 0 Å². The highest BCUT2D eigenvalue weighted by Crippen LogP contribution is 2.26. The molecule has 3 aromatic rings. The minimum absolute atomic E-state index is 0.242. The molecule has 3 rings (SSSR count). The van der Waals surface area contributed by atoms with Crippen LogP contribution < -0.4 is 10.9 Å². The molecule has 142 valence electrons. The van der Waals surface area contributed by atoms with Crippen LogP contribution in [-0.2, 0) is 5.41 Å². The quantitative estimate of drug-likeness (QED) is 0.738. The van der Waals surface area contributed by atoms with Crippen LogP contribution in [-0.4, -0.2) is 25.7 Å². The Morgan fingerprint density at radius 2 is 1.89 bits per heavy atom. The third kappa shape index (κ3) is 3.84. The number of hydrogen-bond acceptors (Lipinski definition) is 5. The first-order chi connectivity index (χ1) is 12.5. The lowest BCUT2D eigenvalue weighted by Gasteiger charge is -2.13. The zero-order chi connectivity index (χ0) is 19.9. The van der Waals surface area contributed by atoms with E-state index < -0.39 is 0 Å². The lowest BCUT2D eigenvalue weighted by Crippen LogP contribution is -2.19. The number of nitrogens with zero attached hydrogens (tertiary/aromatic N) is 3. The lowest BCUT2D eigenvalue weighted by molar-refractivity contribution is 0.102. The van der Waals surface area contributed by atoms with Crippen LogP contribution in [0.4, 0.5) is 5.82 Å². The van der Waals surface area contributed by atoms with Gasteiger partial charge < -0.3 is 9.73 Å². The summed E-state index contributed by atoms with van der Waals surface area (Å²) in [6.45, 7) is 11.3. The lowest BCUT2D eigenvalue weighted by atomic mass is 9.92. The zero-order valence-electron chi connectivity index (χ0n) is 16.3. The second-order valence-electron chi connectivity index (χ2n) is 7.57. The standard InChI is InChI=1S/C19H23N5O3/c1-10-7-16(25)22-18(20-10)24-15(9-14(23-24)19(4,5)6)21-17(26)13-8-11(2)27-12(13)3/h7-9H,1-6H3,(H,21,26)(H,20,22,25). The van der Waals surface area contributed by atoms with E-state index in [1.165, 1.54) is 10.7 Å². The van der Waals surface area contributed by atoms with Gasteiger partial charge in [0, 0.05) is 23.2 Å². The predicted molar refractivity (Wildman–Crippen MR) is 102 cm³/mol. The molecule has 1 amide bonds. The Morgan fingerprint density at radius 3 is 2.44 bits per heavy atom. The van der Waals surface area contributed by atoms with Crippen molar-refractivity contribution in [1.82, 2.24) is 19.7 Å². The van der Waals surface area contributed by atoms with Gasteiger partial charge in [0.2, 0.25) is 5.95 Å². The molecule has 0 saturated heterocycles. The van der Waals surface area contributed by atoms with E-state index in [2.05, 4.69) is 20.4 Å². The maximum Gasteiger partial charge on any atom is 0.260 e. The largest absolute Gasteiger partial charge is 0.466 e. The highest BCUT2D eigenvalue weighted by molar-refractivity contribution is 6.04. The first kappa shape index (κ1) is 18.6. The molecule has 3 heterocycles. The van der Waals surface area contributed by atoms with Crippen molar-refractivity contribution in [3.63, 3.8) is 0 Å². The van der Waals surface area contributed by atoms with Crippen molar-refractivity contribution < 1.29 is 9.21 Å². The van der Waals surface area contributed by atoms with Gasteiger partial charge >= 0.3 is 0 Å². The maximum atomic E-state index is 12.7. The van der Waals surface area contributed by atoms with Gasteiger partial charge in [0.15, 0.2) is 0 Å². The summed E-state index contributed by atoms with van der Waals surface area (Å²) in [6, 6.07) is 4.86. The number of nitrogens with one attached hydrogen (secondary N) is 2. The number of aromatic nitrogens is 4. The molecule has 0 unspecified atom stereocenters. The first-order valence-corrected chi connectivity index (χ1v) is 8.62. The molecule has 0 atom stereocenters. The summed E-state index contributed by atoms with van der Waals surface area (Å²) in [6.07, 6.45) is 0. The Kier molecular flexibility index (Phi) is 4.51. The molecule has 3 aromatic heterocycles. The number of aryl methyl sites for hydroxylation is 3. The number of carbonyl (C=O) groups is 1. The van der Waals surface area contributed by atoms with Crippen LogP contribution in [0.15, 0.2) is 27.4 Å². The zero-order valence-corrected chi connectivity index (χ0v) is 16.3. The summed E-state index contributed by atoms with van der Waals surface area (Å²) in [5.74, 6) is 1.53. The van der Waals surface area contributed by atoms with E-state index in [4.69, 9.17) is 4.42 Å². The third-order valence-electron chi connectivity index (χ3n) is 4.06. The molecule has 0 aliphatic heterocycles.